The third-order valence-corrected chi connectivity index (χ3v) is 25.0. The molecule has 1 aliphatic rings. The molecule has 0 spiro atoms. The Morgan fingerprint density at radius 3 is 1.26 bits per heavy atom. The van der Waals surface area contributed by atoms with E-state index in [1.165, 1.54) is 111 Å². The zero-order valence-corrected chi connectivity index (χ0v) is 39.9. The Labute approximate surface area is 404 Å². The van der Waals surface area contributed by atoms with Crippen molar-refractivity contribution in [3.05, 3.63) is 267 Å². The molecule has 0 bridgehead atoms. The van der Waals surface area contributed by atoms with Gasteiger partial charge in [-0.2, -0.15) is 0 Å². The van der Waals surface area contributed by atoms with Crippen LogP contribution < -0.4 is 17.6 Å². The summed E-state index contributed by atoms with van der Waals surface area (Å²) in [5, 5.41) is 5.05. The van der Waals surface area contributed by atoms with Crippen molar-refractivity contribution in [3.8, 4) is 55.9 Å². The topological polar surface area (TPSA) is 9.86 Å². The first-order valence-corrected chi connectivity index (χ1v) is 28.1. The molecule has 0 saturated carbocycles. The Kier molecular flexibility index (Phi) is 9.11. The SMILES string of the molecule is c1ccc(-c2ccc3c(c2)c2cc(-c4ccc5[c](c4)[Ge]([c]4ccccc4)([c]4ccccc4)[c]4cc(-c6cccc7c6c6ccccc6n7-c6ccccc6)ccc4-5)ccc2n3-c2ccccc2)cc1. The van der Waals surface area contributed by atoms with E-state index in [1.54, 1.807) is 0 Å². The number of rotatable bonds is 7. The minimum atomic E-state index is -3.73. The quantitative estimate of drug-likeness (QED) is 0.141. The molecule has 0 unspecified atom stereocenters. The van der Waals surface area contributed by atoms with Crippen LogP contribution in [0, 0.1) is 0 Å². The van der Waals surface area contributed by atoms with Crippen LogP contribution in [0.3, 0.4) is 0 Å². The summed E-state index contributed by atoms with van der Waals surface area (Å²) in [6.45, 7) is 0. The molecular formula is C66H44GeN2. The molecule has 14 rings (SSSR count). The van der Waals surface area contributed by atoms with E-state index in [4.69, 9.17) is 0 Å². The van der Waals surface area contributed by atoms with Crippen LogP contribution in [-0.4, -0.2) is 22.4 Å². The Morgan fingerprint density at radius 1 is 0.246 bits per heavy atom. The van der Waals surface area contributed by atoms with E-state index in [1.807, 2.05) is 0 Å². The van der Waals surface area contributed by atoms with Crippen molar-refractivity contribution in [2.75, 3.05) is 0 Å². The molecule has 0 N–H and O–H groups in total. The van der Waals surface area contributed by atoms with Crippen LogP contribution in [0.4, 0.5) is 0 Å². The van der Waals surface area contributed by atoms with Gasteiger partial charge in [-0.15, -0.1) is 0 Å². The molecule has 1 aliphatic heterocycles. The first-order chi connectivity index (χ1) is 34.2. The summed E-state index contributed by atoms with van der Waals surface area (Å²) in [5.74, 6) is 0. The van der Waals surface area contributed by atoms with Gasteiger partial charge in [-0.05, 0) is 0 Å². The zero-order valence-electron chi connectivity index (χ0n) is 37.8. The van der Waals surface area contributed by atoms with Gasteiger partial charge in [0.2, 0.25) is 0 Å². The van der Waals surface area contributed by atoms with E-state index in [0.29, 0.717) is 0 Å². The number of fused-ring (bicyclic) bond motifs is 9. The number of nitrogens with zero attached hydrogens (tertiary/aromatic N) is 2. The van der Waals surface area contributed by atoms with Crippen LogP contribution in [0.15, 0.2) is 267 Å². The first kappa shape index (κ1) is 39.7. The molecule has 3 heterocycles. The summed E-state index contributed by atoms with van der Waals surface area (Å²) in [4.78, 5) is 0. The Bertz CT molecular complexity index is 4060. The Morgan fingerprint density at radius 2 is 0.667 bits per heavy atom. The van der Waals surface area contributed by atoms with E-state index in [2.05, 4.69) is 276 Å². The predicted octanol–water partition coefficient (Wildman–Crippen LogP) is 14.2. The molecule has 322 valence electrons. The van der Waals surface area contributed by atoms with Gasteiger partial charge in [-0.3, -0.25) is 0 Å². The summed E-state index contributed by atoms with van der Waals surface area (Å²) in [6, 6.07) is 99.9. The monoisotopic (exact) mass is 938 g/mol. The van der Waals surface area contributed by atoms with E-state index in [-0.39, 0.29) is 0 Å². The predicted molar refractivity (Wildman–Crippen MR) is 294 cm³/mol. The summed E-state index contributed by atoms with van der Waals surface area (Å²) in [7, 11) is 0. The minimum absolute atomic E-state index is 1.16. The van der Waals surface area contributed by atoms with Gasteiger partial charge in [0.15, 0.2) is 0 Å². The molecule has 0 radical (unpaired) electrons. The Balaban J connectivity index is 0.996. The van der Waals surface area contributed by atoms with Crippen LogP contribution in [0.2, 0.25) is 0 Å². The fraction of sp³-hybridized carbons (Fsp3) is 0. The fourth-order valence-corrected chi connectivity index (χ4v) is 22.8. The number of para-hydroxylation sites is 3. The second-order valence-corrected chi connectivity index (χ2v) is 26.2. The standard InChI is InChI=1S/C66H44GeN2/c1-6-19-45(20-7-1)46-35-39-63-58(41-46)59-42-47(36-40-64(59)68(63)52-25-12-4-13-26-52)48-33-37-55-56-38-34-49(44-61(56)67(60(55)43-48,50-21-8-2-9-22-50)51-23-10-3-11-24-51)54-30-18-32-65-66(54)57-29-16-17-31-62(57)69(65)53-27-14-5-15-28-53/h1-44H. The van der Waals surface area contributed by atoms with Crippen molar-refractivity contribution in [2.45, 2.75) is 0 Å². The van der Waals surface area contributed by atoms with Crippen molar-refractivity contribution < 1.29 is 0 Å². The normalized spacial score (nSPS) is 12.8. The van der Waals surface area contributed by atoms with Gasteiger partial charge in [0, 0.05) is 0 Å². The number of hydrogen-bond acceptors (Lipinski definition) is 0. The molecular weight excluding hydrogens is 893 g/mol. The molecule has 3 heteroatoms. The van der Waals surface area contributed by atoms with Crippen molar-refractivity contribution in [1.82, 2.24) is 9.13 Å². The van der Waals surface area contributed by atoms with Gasteiger partial charge in [0.1, 0.15) is 0 Å². The number of aromatic nitrogens is 2. The fourth-order valence-electron chi connectivity index (χ4n) is 11.8. The molecule has 0 amide bonds. The molecule has 0 atom stereocenters. The van der Waals surface area contributed by atoms with Crippen molar-refractivity contribution in [1.29, 1.82) is 0 Å². The summed E-state index contributed by atoms with van der Waals surface area (Å²) in [6.07, 6.45) is 0. The van der Waals surface area contributed by atoms with Crippen LogP contribution in [0.5, 0.6) is 0 Å². The molecule has 13 aromatic rings. The molecule has 11 aromatic carbocycles. The van der Waals surface area contributed by atoms with Gasteiger partial charge in [-0.25, -0.2) is 0 Å². The van der Waals surface area contributed by atoms with Gasteiger partial charge in [0.05, 0.1) is 0 Å². The third kappa shape index (κ3) is 6.05. The second-order valence-electron chi connectivity index (χ2n) is 18.4. The van der Waals surface area contributed by atoms with Gasteiger partial charge in [0.25, 0.3) is 0 Å². The van der Waals surface area contributed by atoms with Gasteiger partial charge >= 0.3 is 400 Å². The van der Waals surface area contributed by atoms with Crippen molar-refractivity contribution in [3.63, 3.8) is 0 Å². The molecule has 0 aliphatic carbocycles. The van der Waals surface area contributed by atoms with Crippen LogP contribution in [-0.2, 0) is 0 Å². The summed E-state index contributed by atoms with van der Waals surface area (Å²) in [5.41, 5.74) is 17.3. The van der Waals surface area contributed by atoms with Crippen LogP contribution >= 0.6 is 0 Å². The summed E-state index contributed by atoms with van der Waals surface area (Å²) >= 11 is -3.73. The molecule has 0 fully saturated rings. The van der Waals surface area contributed by atoms with Gasteiger partial charge in [-0.1, -0.05) is 6.07 Å². The van der Waals surface area contributed by atoms with E-state index < -0.39 is 13.3 Å². The maximum absolute atomic E-state index is 3.73. The Hall–Kier alpha value is -8.44. The number of hydrogen-bond donors (Lipinski definition) is 0. The average molecular weight is 938 g/mol. The van der Waals surface area contributed by atoms with Crippen LogP contribution in [0.1, 0.15) is 0 Å². The molecule has 2 aromatic heterocycles. The van der Waals surface area contributed by atoms with Crippen molar-refractivity contribution in [2.24, 2.45) is 0 Å². The maximum atomic E-state index is 2.59. The first-order valence-electron chi connectivity index (χ1n) is 23.9. The second kappa shape index (κ2) is 15.8. The summed E-state index contributed by atoms with van der Waals surface area (Å²) < 4.78 is 10.7. The molecule has 69 heavy (non-hydrogen) atoms. The number of benzene rings is 11. The van der Waals surface area contributed by atoms with Crippen molar-refractivity contribution >= 4 is 74.5 Å². The van der Waals surface area contributed by atoms with E-state index in [9.17, 15) is 0 Å². The van der Waals surface area contributed by atoms with Gasteiger partial charge < -0.3 is 0 Å². The molecule has 0 saturated heterocycles. The molecule has 2 nitrogen and oxygen atoms in total. The third-order valence-electron chi connectivity index (χ3n) is 14.8. The van der Waals surface area contributed by atoms with Crippen LogP contribution in [0.25, 0.3) is 99.5 Å². The zero-order chi connectivity index (χ0) is 45.5. The average Bonchev–Trinajstić information content (AvgIpc) is 4.05. The van der Waals surface area contributed by atoms with E-state index >= 15 is 0 Å². The van der Waals surface area contributed by atoms with E-state index in [0.717, 1.165) is 5.69 Å².